The second-order valence-electron chi connectivity index (χ2n) is 3.10. The van der Waals surface area contributed by atoms with Crippen LogP contribution in [0.2, 0.25) is 0 Å². The van der Waals surface area contributed by atoms with Crippen molar-refractivity contribution in [3.63, 3.8) is 0 Å². The monoisotopic (exact) mass is 253 g/mol. The van der Waals surface area contributed by atoms with Crippen molar-refractivity contribution in [1.29, 1.82) is 0 Å². The van der Waals surface area contributed by atoms with Crippen LogP contribution in [0.3, 0.4) is 0 Å². The van der Waals surface area contributed by atoms with E-state index in [4.69, 9.17) is 0 Å². The van der Waals surface area contributed by atoms with E-state index in [1.165, 1.54) is 13.0 Å². The van der Waals surface area contributed by atoms with Crippen molar-refractivity contribution in [1.82, 2.24) is 0 Å². The summed E-state index contributed by atoms with van der Waals surface area (Å²) in [6, 6.07) is 2.86. The molecule has 0 aliphatic carbocycles. The number of halogens is 3. The second kappa shape index (κ2) is 4.06. The Morgan fingerprint density at radius 2 is 1.88 bits per heavy atom. The lowest BCUT2D eigenvalue weighted by Crippen LogP contribution is -2.15. The largest absolute Gasteiger partial charge is 0.744 e. The van der Waals surface area contributed by atoms with Gasteiger partial charge >= 0.3 is 6.18 Å². The van der Waals surface area contributed by atoms with Gasteiger partial charge in [0.2, 0.25) is 0 Å². The highest BCUT2D eigenvalue weighted by Crippen LogP contribution is 2.35. The predicted octanol–water partition coefficient (Wildman–Crippen LogP) is 2.17. The molecule has 0 spiro atoms. The van der Waals surface area contributed by atoms with E-state index < -0.39 is 26.8 Å². The van der Waals surface area contributed by atoms with Gasteiger partial charge in [-0.2, -0.15) is 13.2 Å². The lowest BCUT2D eigenvalue weighted by atomic mass is 10.1. The maximum Gasteiger partial charge on any atom is 0.417 e. The molecular weight excluding hydrogens is 245 g/mol. The Hall–Kier alpha value is -1.08. The fraction of sp³-hybridized carbons (Fsp3) is 0.333. The molecular formula is C9H8F3O3S-. The second-order valence-corrected chi connectivity index (χ2v) is 4.42. The van der Waals surface area contributed by atoms with Crippen LogP contribution in [0.25, 0.3) is 0 Å². The van der Waals surface area contributed by atoms with E-state index in [2.05, 4.69) is 0 Å². The lowest BCUT2D eigenvalue weighted by Gasteiger charge is -2.18. The van der Waals surface area contributed by atoms with E-state index in [1.807, 2.05) is 0 Å². The molecule has 0 saturated carbocycles. The number of rotatable bonds is 2. The Balaban J connectivity index is 3.65. The maximum atomic E-state index is 12.5. The minimum absolute atomic E-state index is 0.0424. The van der Waals surface area contributed by atoms with Crippen molar-refractivity contribution in [3.05, 3.63) is 29.3 Å². The molecule has 0 aromatic heterocycles. The van der Waals surface area contributed by atoms with Crippen molar-refractivity contribution in [3.8, 4) is 0 Å². The Bertz CT molecular complexity index is 491. The van der Waals surface area contributed by atoms with Crippen molar-refractivity contribution < 1.29 is 26.1 Å². The zero-order valence-electron chi connectivity index (χ0n) is 8.21. The Morgan fingerprint density at radius 3 is 2.25 bits per heavy atom. The van der Waals surface area contributed by atoms with E-state index in [0.29, 0.717) is 6.07 Å². The van der Waals surface area contributed by atoms with E-state index in [0.717, 1.165) is 6.07 Å². The summed E-state index contributed by atoms with van der Waals surface area (Å²) in [6.07, 6.45) is -4.81. The molecule has 0 saturated heterocycles. The minimum Gasteiger partial charge on any atom is -0.744 e. The van der Waals surface area contributed by atoms with Crippen LogP contribution in [-0.4, -0.2) is 13.0 Å². The van der Waals surface area contributed by atoms with Gasteiger partial charge < -0.3 is 4.55 Å². The average Bonchev–Trinajstić information content (AvgIpc) is 2.13. The van der Waals surface area contributed by atoms with Crippen LogP contribution in [0.5, 0.6) is 0 Å². The molecule has 3 nitrogen and oxygen atoms in total. The number of benzene rings is 1. The molecule has 0 fully saturated rings. The predicted molar refractivity (Wildman–Crippen MR) is 48.8 cm³/mol. The molecule has 90 valence electrons. The molecule has 0 amide bonds. The summed E-state index contributed by atoms with van der Waals surface area (Å²) < 4.78 is 69.9. The fourth-order valence-corrected chi connectivity index (χ4v) is 2.37. The summed E-state index contributed by atoms with van der Waals surface area (Å²) in [5, 5.41) is 0. The molecule has 1 rings (SSSR count). The van der Waals surface area contributed by atoms with Gasteiger partial charge in [0.25, 0.3) is 0 Å². The molecule has 0 unspecified atom stereocenters. The first kappa shape index (κ1) is 13.0. The normalized spacial score (nSPS) is 12.8. The summed E-state index contributed by atoms with van der Waals surface area (Å²) >= 11 is 0. The number of hydrogen-bond acceptors (Lipinski definition) is 3. The van der Waals surface area contributed by atoms with Crippen LogP contribution in [0.4, 0.5) is 13.2 Å². The van der Waals surface area contributed by atoms with Gasteiger partial charge in [-0.25, -0.2) is 8.42 Å². The molecule has 0 radical (unpaired) electrons. The van der Waals surface area contributed by atoms with Gasteiger partial charge in [0.05, 0.1) is 10.5 Å². The molecule has 0 atom stereocenters. The molecule has 0 aliphatic heterocycles. The Kier molecular flexibility index (Phi) is 3.30. The third kappa shape index (κ3) is 2.53. The molecule has 1 aromatic rings. The SMILES string of the molecule is CCc1cccc(C(F)(F)F)c1S(=O)(=O)[O-]. The molecule has 1 aromatic carbocycles. The summed E-state index contributed by atoms with van der Waals surface area (Å²) in [6.45, 7) is 1.48. The lowest BCUT2D eigenvalue weighted by molar-refractivity contribution is -0.140. The third-order valence-electron chi connectivity index (χ3n) is 2.03. The highest BCUT2D eigenvalue weighted by atomic mass is 32.2. The van der Waals surface area contributed by atoms with Crippen molar-refractivity contribution in [2.45, 2.75) is 24.4 Å². The van der Waals surface area contributed by atoms with E-state index >= 15 is 0 Å². The van der Waals surface area contributed by atoms with E-state index in [1.54, 1.807) is 0 Å². The number of hydrogen-bond donors (Lipinski definition) is 0. The Labute approximate surface area is 90.7 Å². The highest BCUT2D eigenvalue weighted by Gasteiger charge is 2.35. The van der Waals surface area contributed by atoms with Crippen LogP contribution in [0.1, 0.15) is 18.1 Å². The van der Waals surface area contributed by atoms with Crippen LogP contribution < -0.4 is 0 Å². The summed E-state index contributed by atoms with van der Waals surface area (Å²) in [5.74, 6) is 0. The smallest absolute Gasteiger partial charge is 0.417 e. The molecule has 0 N–H and O–H groups in total. The maximum absolute atomic E-state index is 12.5. The zero-order chi connectivity index (χ0) is 12.6. The van der Waals surface area contributed by atoms with Crippen LogP contribution in [0, 0.1) is 0 Å². The van der Waals surface area contributed by atoms with Crippen LogP contribution >= 0.6 is 0 Å². The van der Waals surface area contributed by atoms with Crippen molar-refractivity contribution in [2.24, 2.45) is 0 Å². The number of aryl methyl sites for hydroxylation is 1. The summed E-state index contributed by atoms with van der Waals surface area (Å²) in [7, 11) is -5.13. The quantitative estimate of drug-likeness (QED) is 0.759. The molecule has 0 aliphatic rings. The topological polar surface area (TPSA) is 57.2 Å². The van der Waals surface area contributed by atoms with Crippen LogP contribution in [0.15, 0.2) is 23.1 Å². The van der Waals surface area contributed by atoms with E-state index in [-0.39, 0.29) is 12.0 Å². The first-order valence-corrected chi connectivity index (χ1v) is 5.73. The van der Waals surface area contributed by atoms with Gasteiger partial charge in [-0.1, -0.05) is 19.1 Å². The first-order chi connectivity index (χ1) is 7.18. The van der Waals surface area contributed by atoms with Gasteiger partial charge in [0.1, 0.15) is 10.1 Å². The first-order valence-electron chi connectivity index (χ1n) is 4.33. The van der Waals surface area contributed by atoms with E-state index in [9.17, 15) is 26.1 Å². The molecule has 0 bridgehead atoms. The minimum atomic E-state index is -5.13. The van der Waals surface area contributed by atoms with Gasteiger partial charge in [0.15, 0.2) is 0 Å². The third-order valence-corrected chi connectivity index (χ3v) is 3.01. The Morgan fingerprint density at radius 1 is 1.31 bits per heavy atom. The molecule has 16 heavy (non-hydrogen) atoms. The number of alkyl halides is 3. The zero-order valence-corrected chi connectivity index (χ0v) is 9.02. The van der Waals surface area contributed by atoms with Crippen molar-refractivity contribution in [2.75, 3.05) is 0 Å². The van der Waals surface area contributed by atoms with Gasteiger partial charge in [-0.3, -0.25) is 0 Å². The van der Waals surface area contributed by atoms with Crippen molar-refractivity contribution >= 4 is 10.1 Å². The van der Waals surface area contributed by atoms with Gasteiger partial charge in [-0.05, 0) is 18.1 Å². The van der Waals surface area contributed by atoms with Gasteiger partial charge in [0, 0.05) is 0 Å². The molecule has 7 heteroatoms. The summed E-state index contributed by atoms with van der Waals surface area (Å²) in [5.41, 5.74) is -1.52. The summed E-state index contributed by atoms with van der Waals surface area (Å²) in [4.78, 5) is -1.16. The highest BCUT2D eigenvalue weighted by molar-refractivity contribution is 7.85. The van der Waals surface area contributed by atoms with Crippen LogP contribution in [-0.2, 0) is 22.7 Å². The standard InChI is InChI=1S/C9H9F3O3S/c1-2-6-4-3-5-7(9(10,11)12)8(6)16(13,14)15/h3-5H,2H2,1H3,(H,13,14,15)/p-1. The average molecular weight is 253 g/mol. The fourth-order valence-electron chi connectivity index (χ4n) is 1.38. The molecule has 0 heterocycles. The van der Waals surface area contributed by atoms with Gasteiger partial charge in [-0.15, -0.1) is 0 Å².